The molecule has 0 saturated carbocycles. The molecular weight excluding hydrogens is 400 g/mol. The van der Waals surface area contributed by atoms with Crippen molar-refractivity contribution in [3.8, 4) is 11.4 Å². The van der Waals surface area contributed by atoms with Gasteiger partial charge < -0.3 is 9.88 Å². The summed E-state index contributed by atoms with van der Waals surface area (Å²) < 4.78 is 1.93. The Balaban J connectivity index is 1.65. The summed E-state index contributed by atoms with van der Waals surface area (Å²) in [6.07, 6.45) is 0. The van der Waals surface area contributed by atoms with Crippen LogP contribution in [0.5, 0.6) is 0 Å². The van der Waals surface area contributed by atoms with Gasteiger partial charge >= 0.3 is 0 Å². The average molecular weight is 421 g/mol. The molecule has 3 rings (SSSR count). The number of carbonyl (C=O) groups is 1. The van der Waals surface area contributed by atoms with E-state index < -0.39 is 0 Å². The zero-order valence-corrected chi connectivity index (χ0v) is 18.0. The van der Waals surface area contributed by atoms with Crippen LogP contribution in [0.1, 0.15) is 30.2 Å². The number of hydrogen-bond donors (Lipinski definition) is 1. The van der Waals surface area contributed by atoms with Crippen LogP contribution < -0.4 is 5.32 Å². The molecule has 1 amide bonds. The van der Waals surface area contributed by atoms with E-state index in [1.54, 1.807) is 17.4 Å². The van der Waals surface area contributed by atoms with Crippen molar-refractivity contribution in [1.29, 1.82) is 0 Å². The number of nitrogens with one attached hydrogen (secondary N) is 1. The van der Waals surface area contributed by atoms with E-state index in [2.05, 4.69) is 40.8 Å². The highest BCUT2D eigenvalue weighted by atomic mass is 35.5. The van der Waals surface area contributed by atoms with Crippen molar-refractivity contribution < 1.29 is 4.79 Å². The lowest BCUT2D eigenvalue weighted by Gasteiger charge is -2.09. The molecule has 0 radical (unpaired) electrons. The van der Waals surface area contributed by atoms with Gasteiger partial charge in [0.2, 0.25) is 5.91 Å². The lowest BCUT2D eigenvalue weighted by molar-refractivity contribution is -0.113. The highest BCUT2D eigenvalue weighted by Gasteiger charge is 2.15. The smallest absolute Gasteiger partial charge is 0.234 e. The van der Waals surface area contributed by atoms with Crippen LogP contribution in [0.2, 0.25) is 5.02 Å². The summed E-state index contributed by atoms with van der Waals surface area (Å²) in [5.74, 6) is 1.45. The number of anilines is 1. The molecule has 0 aliphatic rings. The summed E-state index contributed by atoms with van der Waals surface area (Å²) in [4.78, 5) is 13.6. The van der Waals surface area contributed by atoms with E-state index in [1.165, 1.54) is 16.6 Å². The number of thioether (sulfide) groups is 1. The van der Waals surface area contributed by atoms with Gasteiger partial charge in [0.05, 0.1) is 5.75 Å². The average Bonchev–Trinajstić information content (AvgIpc) is 3.24. The number of halogens is 1. The summed E-state index contributed by atoms with van der Waals surface area (Å²) in [6.45, 7) is 6.23. The highest BCUT2D eigenvalue weighted by molar-refractivity contribution is 7.99. The molecule has 27 heavy (non-hydrogen) atoms. The van der Waals surface area contributed by atoms with Crippen LogP contribution in [0.4, 0.5) is 5.69 Å². The van der Waals surface area contributed by atoms with Crippen LogP contribution in [0.3, 0.4) is 0 Å². The third kappa shape index (κ3) is 4.54. The number of carbonyl (C=O) groups excluding carboxylic acids is 1. The molecule has 0 fully saturated rings. The molecule has 0 atom stereocenters. The highest BCUT2D eigenvalue weighted by Crippen LogP contribution is 2.30. The third-order valence-corrected chi connectivity index (χ3v) is 6.82. The van der Waals surface area contributed by atoms with Gasteiger partial charge in [-0.25, -0.2) is 0 Å². The lowest BCUT2D eigenvalue weighted by Crippen LogP contribution is -2.15. The fourth-order valence-corrected chi connectivity index (χ4v) is 4.31. The fourth-order valence-electron chi connectivity index (χ4n) is 2.52. The summed E-state index contributed by atoms with van der Waals surface area (Å²) in [5, 5.41) is 14.9. The van der Waals surface area contributed by atoms with E-state index >= 15 is 0 Å². The van der Waals surface area contributed by atoms with Crippen molar-refractivity contribution in [3.05, 3.63) is 45.1 Å². The first kappa shape index (κ1) is 19.9. The Morgan fingerprint density at radius 3 is 2.85 bits per heavy atom. The number of thiophene rings is 1. The van der Waals surface area contributed by atoms with E-state index in [-0.39, 0.29) is 11.7 Å². The Labute approximate surface area is 172 Å². The SMILES string of the molecule is Cc1c(Cl)cccc1NC(=O)CSc1nnc(-c2csc(C(C)C)c2)n1C. The van der Waals surface area contributed by atoms with Crippen molar-refractivity contribution in [1.82, 2.24) is 14.8 Å². The molecule has 0 unspecified atom stereocenters. The molecule has 2 aromatic heterocycles. The topological polar surface area (TPSA) is 59.8 Å². The summed E-state index contributed by atoms with van der Waals surface area (Å²) in [5.41, 5.74) is 2.65. The molecule has 0 bridgehead atoms. The minimum absolute atomic E-state index is 0.104. The number of benzene rings is 1. The van der Waals surface area contributed by atoms with Gasteiger partial charge in [-0.3, -0.25) is 4.79 Å². The zero-order chi connectivity index (χ0) is 19.6. The maximum Gasteiger partial charge on any atom is 0.234 e. The Hall–Kier alpha value is -1.83. The van der Waals surface area contributed by atoms with Gasteiger partial charge in [0.15, 0.2) is 11.0 Å². The van der Waals surface area contributed by atoms with Gasteiger partial charge in [-0.1, -0.05) is 43.3 Å². The van der Waals surface area contributed by atoms with Crippen molar-refractivity contribution in [2.45, 2.75) is 31.8 Å². The second kappa shape index (κ2) is 8.46. The molecular formula is C19H21ClN4OS2. The first-order valence-electron chi connectivity index (χ1n) is 8.52. The van der Waals surface area contributed by atoms with Crippen molar-refractivity contribution in [2.24, 2.45) is 7.05 Å². The van der Waals surface area contributed by atoms with Gasteiger partial charge in [0.1, 0.15) is 0 Å². The van der Waals surface area contributed by atoms with E-state index in [0.717, 1.165) is 22.6 Å². The predicted octanol–water partition coefficient (Wildman–Crippen LogP) is 5.36. The predicted molar refractivity (Wildman–Crippen MR) is 114 cm³/mol. The minimum atomic E-state index is -0.104. The zero-order valence-electron chi connectivity index (χ0n) is 15.6. The molecule has 1 N–H and O–H groups in total. The van der Waals surface area contributed by atoms with E-state index in [4.69, 9.17) is 11.6 Å². The van der Waals surface area contributed by atoms with Crippen LogP contribution in [-0.2, 0) is 11.8 Å². The van der Waals surface area contributed by atoms with E-state index in [9.17, 15) is 4.79 Å². The van der Waals surface area contributed by atoms with Gasteiger partial charge in [0, 0.05) is 33.6 Å². The summed E-state index contributed by atoms with van der Waals surface area (Å²) in [7, 11) is 1.92. The van der Waals surface area contributed by atoms with E-state index in [1.807, 2.05) is 30.7 Å². The molecule has 1 aromatic carbocycles. The molecule has 0 saturated heterocycles. The number of aromatic nitrogens is 3. The molecule has 5 nitrogen and oxygen atoms in total. The minimum Gasteiger partial charge on any atom is -0.325 e. The Morgan fingerprint density at radius 1 is 1.37 bits per heavy atom. The maximum atomic E-state index is 12.3. The van der Waals surface area contributed by atoms with Crippen LogP contribution >= 0.6 is 34.7 Å². The third-order valence-electron chi connectivity index (χ3n) is 4.16. The largest absolute Gasteiger partial charge is 0.325 e. The van der Waals surface area contributed by atoms with Crippen LogP contribution in [0.25, 0.3) is 11.4 Å². The van der Waals surface area contributed by atoms with Gasteiger partial charge in [-0.05, 0) is 36.6 Å². The number of nitrogens with zero attached hydrogens (tertiary/aromatic N) is 3. The molecule has 3 aromatic rings. The van der Waals surface area contributed by atoms with Crippen molar-refractivity contribution >= 4 is 46.3 Å². The first-order valence-corrected chi connectivity index (χ1v) is 10.8. The molecule has 0 aliphatic heterocycles. The van der Waals surface area contributed by atoms with Gasteiger partial charge in [0.25, 0.3) is 0 Å². The monoisotopic (exact) mass is 420 g/mol. The fraction of sp³-hybridized carbons (Fsp3) is 0.316. The van der Waals surface area contributed by atoms with Gasteiger partial charge in [-0.15, -0.1) is 21.5 Å². The normalized spacial score (nSPS) is 11.2. The number of amides is 1. The quantitative estimate of drug-likeness (QED) is 0.545. The Morgan fingerprint density at radius 2 is 2.15 bits per heavy atom. The molecule has 0 spiro atoms. The van der Waals surface area contributed by atoms with Crippen molar-refractivity contribution in [2.75, 3.05) is 11.1 Å². The van der Waals surface area contributed by atoms with E-state index in [0.29, 0.717) is 16.1 Å². The van der Waals surface area contributed by atoms with Crippen molar-refractivity contribution in [3.63, 3.8) is 0 Å². The van der Waals surface area contributed by atoms with Crippen LogP contribution in [-0.4, -0.2) is 26.4 Å². The first-order chi connectivity index (χ1) is 12.9. The summed E-state index contributed by atoms with van der Waals surface area (Å²) in [6, 6.07) is 7.62. The molecule has 8 heteroatoms. The Bertz CT molecular complexity index is 965. The number of rotatable bonds is 6. The molecule has 0 aliphatic carbocycles. The van der Waals surface area contributed by atoms with Crippen LogP contribution in [0, 0.1) is 6.92 Å². The molecule has 2 heterocycles. The number of hydrogen-bond acceptors (Lipinski definition) is 5. The second-order valence-electron chi connectivity index (χ2n) is 6.51. The lowest BCUT2D eigenvalue weighted by atomic mass is 10.1. The molecule has 142 valence electrons. The Kier molecular flexibility index (Phi) is 6.24. The second-order valence-corrected chi connectivity index (χ2v) is 8.80. The standard InChI is InChI=1S/C19H21ClN4OS2/c1-11(2)16-8-13(9-26-16)18-22-23-19(24(18)4)27-10-17(25)21-15-7-5-6-14(20)12(15)3/h5-9,11H,10H2,1-4H3,(H,21,25). The van der Waals surface area contributed by atoms with Gasteiger partial charge in [-0.2, -0.15) is 0 Å². The summed E-state index contributed by atoms with van der Waals surface area (Å²) >= 11 is 9.19. The van der Waals surface area contributed by atoms with Crippen LogP contribution in [0.15, 0.2) is 34.8 Å². The maximum absolute atomic E-state index is 12.3.